The van der Waals surface area contributed by atoms with Crippen LogP contribution in [0.2, 0.25) is 0 Å². The fourth-order valence-corrected chi connectivity index (χ4v) is 5.65. The quantitative estimate of drug-likeness (QED) is 0.368. The van der Waals surface area contributed by atoms with Gasteiger partial charge in [0.15, 0.2) is 0 Å². The monoisotopic (exact) mass is 408 g/mol. The van der Waals surface area contributed by atoms with Crippen molar-refractivity contribution in [3.05, 3.63) is 0 Å². The van der Waals surface area contributed by atoms with Crippen molar-refractivity contribution in [1.82, 2.24) is 0 Å². The van der Waals surface area contributed by atoms with E-state index in [-0.39, 0.29) is 17.4 Å². The van der Waals surface area contributed by atoms with Gasteiger partial charge in [-0.05, 0) is 62.7 Å². The maximum Gasteiger partial charge on any atom is 0.306 e. The molecular weight excluding hydrogens is 364 g/mol. The molecule has 0 N–H and O–H groups in total. The minimum atomic E-state index is -0.256. The van der Waals surface area contributed by atoms with Gasteiger partial charge >= 0.3 is 11.9 Å². The van der Waals surface area contributed by atoms with Crippen LogP contribution in [0.1, 0.15) is 111 Å². The molecule has 4 nitrogen and oxygen atoms in total. The summed E-state index contributed by atoms with van der Waals surface area (Å²) in [6.45, 7) is 6.80. The van der Waals surface area contributed by atoms with Crippen LogP contribution in [-0.2, 0) is 19.1 Å². The largest absolute Gasteiger partial charge is 0.466 e. The zero-order valence-corrected chi connectivity index (χ0v) is 19.2. The molecule has 0 aromatic rings. The first kappa shape index (κ1) is 24.2. The van der Waals surface area contributed by atoms with E-state index in [0.717, 1.165) is 43.4 Å². The Labute approximate surface area is 178 Å². The molecular formula is C25H44O4. The molecule has 0 unspecified atom stereocenters. The molecule has 4 heteroatoms. The summed E-state index contributed by atoms with van der Waals surface area (Å²) in [5.74, 6) is 2.35. The molecule has 2 aliphatic carbocycles. The highest BCUT2D eigenvalue weighted by Gasteiger charge is 2.39. The van der Waals surface area contributed by atoms with Gasteiger partial charge in [0.25, 0.3) is 0 Å². The third-order valence-corrected chi connectivity index (χ3v) is 7.58. The molecule has 0 radical (unpaired) electrons. The number of carbonyl (C=O) groups is 2. The maximum absolute atomic E-state index is 12.2. The lowest BCUT2D eigenvalue weighted by atomic mass is 9.66. The predicted molar refractivity (Wildman–Crippen MR) is 116 cm³/mol. The SMILES string of the molecule is CCOC(=O)CC1(CC(=O)OCC)CCC(CCCC2CCC(CC)CC2)CC1. The standard InChI is InChI=1S/C25H44O4/c1-4-20-10-12-21(13-11-20)8-7-9-22-14-16-25(17-15-22,18-23(26)28-5-2)19-24(27)29-6-3/h20-22H,4-19H2,1-3H3. The molecule has 0 aliphatic heterocycles. The van der Waals surface area contributed by atoms with Gasteiger partial charge in [-0.1, -0.05) is 58.3 Å². The molecule has 0 spiro atoms. The van der Waals surface area contributed by atoms with Crippen LogP contribution in [0.15, 0.2) is 0 Å². The van der Waals surface area contributed by atoms with Gasteiger partial charge in [-0.25, -0.2) is 0 Å². The van der Waals surface area contributed by atoms with E-state index in [0.29, 0.717) is 26.1 Å². The summed E-state index contributed by atoms with van der Waals surface area (Å²) in [7, 11) is 0. The van der Waals surface area contributed by atoms with Crippen molar-refractivity contribution in [2.45, 2.75) is 111 Å². The molecule has 2 aliphatic rings. The fraction of sp³-hybridized carbons (Fsp3) is 0.920. The van der Waals surface area contributed by atoms with Gasteiger partial charge in [-0.2, -0.15) is 0 Å². The van der Waals surface area contributed by atoms with Gasteiger partial charge in [0, 0.05) is 0 Å². The molecule has 0 saturated heterocycles. The molecule has 0 aromatic carbocycles. The second-order valence-corrected chi connectivity index (χ2v) is 9.63. The number of hydrogen-bond acceptors (Lipinski definition) is 4. The molecule has 0 amide bonds. The number of ether oxygens (including phenoxy) is 2. The predicted octanol–water partition coefficient (Wildman–Crippen LogP) is 6.46. The van der Waals surface area contributed by atoms with E-state index in [1.165, 1.54) is 51.4 Å². The van der Waals surface area contributed by atoms with Crippen molar-refractivity contribution in [3.8, 4) is 0 Å². The number of esters is 2. The molecule has 0 heterocycles. The smallest absolute Gasteiger partial charge is 0.306 e. The van der Waals surface area contributed by atoms with Gasteiger partial charge < -0.3 is 9.47 Å². The molecule has 2 saturated carbocycles. The first-order valence-electron chi connectivity index (χ1n) is 12.3. The van der Waals surface area contributed by atoms with Crippen molar-refractivity contribution in [2.75, 3.05) is 13.2 Å². The van der Waals surface area contributed by atoms with Crippen LogP contribution >= 0.6 is 0 Å². The Hall–Kier alpha value is -1.06. The van der Waals surface area contributed by atoms with Gasteiger partial charge in [0.1, 0.15) is 0 Å². The van der Waals surface area contributed by atoms with E-state index in [2.05, 4.69) is 6.92 Å². The number of rotatable bonds is 11. The number of hydrogen-bond donors (Lipinski definition) is 0. The highest BCUT2D eigenvalue weighted by atomic mass is 16.5. The van der Waals surface area contributed by atoms with Crippen molar-refractivity contribution in [1.29, 1.82) is 0 Å². The Morgan fingerprint density at radius 1 is 0.724 bits per heavy atom. The van der Waals surface area contributed by atoms with Crippen LogP contribution in [0.4, 0.5) is 0 Å². The summed E-state index contributed by atoms with van der Waals surface area (Å²) in [4.78, 5) is 24.3. The zero-order valence-electron chi connectivity index (χ0n) is 19.2. The second-order valence-electron chi connectivity index (χ2n) is 9.63. The molecule has 29 heavy (non-hydrogen) atoms. The van der Waals surface area contributed by atoms with E-state index in [4.69, 9.17) is 9.47 Å². The van der Waals surface area contributed by atoms with Gasteiger partial charge in [0.2, 0.25) is 0 Å². The van der Waals surface area contributed by atoms with Gasteiger partial charge in [-0.3, -0.25) is 9.59 Å². The summed E-state index contributed by atoms with van der Waals surface area (Å²) < 4.78 is 10.4. The van der Waals surface area contributed by atoms with Crippen LogP contribution in [0, 0.1) is 23.2 Å². The lowest BCUT2D eigenvalue weighted by molar-refractivity contribution is -0.151. The third-order valence-electron chi connectivity index (χ3n) is 7.58. The zero-order chi connectivity index (χ0) is 21.1. The Kier molecular flexibility index (Phi) is 10.5. The van der Waals surface area contributed by atoms with Crippen molar-refractivity contribution >= 4 is 11.9 Å². The van der Waals surface area contributed by atoms with Crippen molar-refractivity contribution in [3.63, 3.8) is 0 Å². The summed E-state index contributed by atoms with van der Waals surface area (Å²) in [6, 6.07) is 0. The number of carbonyl (C=O) groups excluding carboxylic acids is 2. The molecule has 168 valence electrons. The lowest BCUT2D eigenvalue weighted by Crippen LogP contribution is -2.33. The van der Waals surface area contributed by atoms with Crippen molar-refractivity contribution < 1.29 is 19.1 Å². The fourth-order valence-electron chi connectivity index (χ4n) is 5.65. The molecule has 0 aromatic heterocycles. The summed E-state index contributed by atoms with van der Waals surface area (Å²) >= 11 is 0. The minimum Gasteiger partial charge on any atom is -0.466 e. The Morgan fingerprint density at radius 2 is 1.17 bits per heavy atom. The van der Waals surface area contributed by atoms with Gasteiger partial charge in [0.05, 0.1) is 26.1 Å². The summed E-state index contributed by atoms with van der Waals surface area (Å²) in [5, 5.41) is 0. The first-order valence-corrected chi connectivity index (χ1v) is 12.3. The highest BCUT2D eigenvalue weighted by molar-refractivity contribution is 5.74. The van der Waals surface area contributed by atoms with Crippen LogP contribution in [0.25, 0.3) is 0 Å². The molecule has 0 atom stereocenters. The third kappa shape index (κ3) is 8.30. The molecule has 2 fully saturated rings. The normalized spacial score (nSPS) is 24.8. The van der Waals surface area contributed by atoms with Crippen LogP contribution in [-0.4, -0.2) is 25.2 Å². The first-order chi connectivity index (χ1) is 14.0. The lowest BCUT2D eigenvalue weighted by Gasteiger charge is -2.39. The second kappa shape index (κ2) is 12.6. The summed E-state index contributed by atoms with van der Waals surface area (Å²) in [6.07, 6.45) is 16.0. The van der Waals surface area contributed by atoms with Crippen LogP contribution in [0.3, 0.4) is 0 Å². The molecule has 2 rings (SSSR count). The average molecular weight is 409 g/mol. The maximum atomic E-state index is 12.2. The average Bonchev–Trinajstić information content (AvgIpc) is 2.70. The van der Waals surface area contributed by atoms with E-state index in [9.17, 15) is 9.59 Å². The van der Waals surface area contributed by atoms with Crippen molar-refractivity contribution in [2.24, 2.45) is 23.2 Å². The van der Waals surface area contributed by atoms with E-state index < -0.39 is 0 Å². The van der Waals surface area contributed by atoms with Gasteiger partial charge in [-0.15, -0.1) is 0 Å². The Morgan fingerprint density at radius 3 is 1.62 bits per heavy atom. The van der Waals surface area contributed by atoms with Crippen LogP contribution < -0.4 is 0 Å². The minimum absolute atomic E-state index is 0.169. The van der Waals surface area contributed by atoms with E-state index >= 15 is 0 Å². The highest BCUT2D eigenvalue weighted by Crippen LogP contribution is 2.46. The van der Waals surface area contributed by atoms with E-state index in [1.807, 2.05) is 13.8 Å². The Balaban J connectivity index is 1.76. The summed E-state index contributed by atoms with van der Waals surface area (Å²) in [5.41, 5.74) is -0.256. The molecule has 0 bridgehead atoms. The topological polar surface area (TPSA) is 52.6 Å². The Bertz CT molecular complexity index is 463. The van der Waals surface area contributed by atoms with Crippen LogP contribution in [0.5, 0.6) is 0 Å². The van der Waals surface area contributed by atoms with E-state index in [1.54, 1.807) is 0 Å².